The maximum atomic E-state index is 12.3. The van der Waals surface area contributed by atoms with Crippen LogP contribution >= 0.6 is 11.3 Å². The number of hydrogen-bond donors (Lipinski definition) is 1. The van der Waals surface area contributed by atoms with Gasteiger partial charge >= 0.3 is 0 Å². The van der Waals surface area contributed by atoms with Crippen LogP contribution in [-0.2, 0) is 4.74 Å². The molecule has 1 atom stereocenters. The molecule has 1 amide bonds. The van der Waals surface area contributed by atoms with E-state index in [0.717, 1.165) is 35.8 Å². The standard InChI is InChI=1S/C15H16N2O2S/c1-10-13(14(18)17-11-6-3-2-4-7-11)20-15(16-10)12-8-5-9-19-12/h2-4,6-7,12H,5,8-9H2,1H3,(H,17,18)/t12-/m1/s1. The zero-order chi connectivity index (χ0) is 13.9. The summed E-state index contributed by atoms with van der Waals surface area (Å²) in [5.41, 5.74) is 1.57. The lowest BCUT2D eigenvalue weighted by atomic mass is 10.2. The number of aromatic nitrogens is 1. The number of carbonyl (C=O) groups excluding carboxylic acids is 1. The molecule has 0 saturated carbocycles. The van der Waals surface area contributed by atoms with Gasteiger partial charge in [-0.3, -0.25) is 4.79 Å². The molecule has 1 aliphatic rings. The molecule has 0 spiro atoms. The molecule has 1 aromatic heterocycles. The molecule has 1 saturated heterocycles. The summed E-state index contributed by atoms with van der Waals surface area (Å²) in [5.74, 6) is -0.101. The molecule has 0 aliphatic carbocycles. The summed E-state index contributed by atoms with van der Waals surface area (Å²) in [6.07, 6.45) is 2.12. The predicted molar refractivity (Wildman–Crippen MR) is 79.2 cm³/mol. The Hall–Kier alpha value is -1.72. The summed E-state index contributed by atoms with van der Waals surface area (Å²) in [7, 11) is 0. The lowest BCUT2D eigenvalue weighted by Gasteiger charge is -2.04. The largest absolute Gasteiger partial charge is 0.371 e. The SMILES string of the molecule is Cc1nc([C@H]2CCCO2)sc1C(=O)Nc1ccccc1. The van der Waals surface area contributed by atoms with Gasteiger partial charge in [-0.05, 0) is 31.9 Å². The van der Waals surface area contributed by atoms with Crippen molar-refractivity contribution >= 4 is 22.9 Å². The minimum absolute atomic E-state index is 0.0666. The average molecular weight is 288 g/mol. The van der Waals surface area contributed by atoms with Crippen LogP contribution in [0.1, 0.15) is 39.3 Å². The first kappa shape index (κ1) is 13.3. The number of nitrogens with zero attached hydrogens (tertiary/aromatic N) is 1. The summed E-state index contributed by atoms with van der Waals surface area (Å²) >= 11 is 1.44. The zero-order valence-electron chi connectivity index (χ0n) is 11.3. The van der Waals surface area contributed by atoms with Gasteiger partial charge in [-0.2, -0.15) is 0 Å². The summed E-state index contributed by atoms with van der Waals surface area (Å²) < 4.78 is 5.62. The Morgan fingerprint density at radius 3 is 2.90 bits per heavy atom. The van der Waals surface area contributed by atoms with Crippen molar-refractivity contribution < 1.29 is 9.53 Å². The fraction of sp³-hybridized carbons (Fsp3) is 0.333. The number of para-hydroxylation sites is 1. The number of benzene rings is 1. The number of rotatable bonds is 3. The van der Waals surface area contributed by atoms with E-state index in [1.165, 1.54) is 11.3 Å². The summed E-state index contributed by atoms with van der Waals surface area (Å²) in [6, 6.07) is 9.45. The van der Waals surface area contributed by atoms with Crippen molar-refractivity contribution in [2.24, 2.45) is 0 Å². The van der Waals surface area contributed by atoms with Gasteiger partial charge in [-0.25, -0.2) is 4.98 Å². The van der Waals surface area contributed by atoms with E-state index in [9.17, 15) is 4.79 Å². The molecule has 20 heavy (non-hydrogen) atoms. The first-order valence-corrected chi connectivity index (χ1v) is 7.51. The van der Waals surface area contributed by atoms with Crippen molar-refractivity contribution in [2.75, 3.05) is 11.9 Å². The van der Waals surface area contributed by atoms with E-state index in [2.05, 4.69) is 10.3 Å². The van der Waals surface area contributed by atoms with Crippen molar-refractivity contribution in [2.45, 2.75) is 25.9 Å². The number of thiazole rings is 1. The van der Waals surface area contributed by atoms with E-state index in [-0.39, 0.29) is 12.0 Å². The van der Waals surface area contributed by atoms with Crippen molar-refractivity contribution in [3.8, 4) is 0 Å². The van der Waals surface area contributed by atoms with Crippen LogP contribution in [0.2, 0.25) is 0 Å². The van der Waals surface area contributed by atoms with E-state index >= 15 is 0 Å². The quantitative estimate of drug-likeness (QED) is 0.939. The van der Waals surface area contributed by atoms with Gasteiger partial charge in [0.25, 0.3) is 5.91 Å². The summed E-state index contributed by atoms with van der Waals surface area (Å²) in [5, 5.41) is 3.81. The number of amides is 1. The smallest absolute Gasteiger partial charge is 0.267 e. The molecular weight excluding hydrogens is 272 g/mol. The van der Waals surface area contributed by atoms with Crippen LogP contribution in [-0.4, -0.2) is 17.5 Å². The highest BCUT2D eigenvalue weighted by atomic mass is 32.1. The first-order valence-electron chi connectivity index (χ1n) is 6.69. The number of anilines is 1. The Morgan fingerprint density at radius 1 is 1.40 bits per heavy atom. The summed E-state index contributed by atoms with van der Waals surface area (Å²) in [6.45, 7) is 2.66. The topological polar surface area (TPSA) is 51.2 Å². The second-order valence-electron chi connectivity index (χ2n) is 4.79. The van der Waals surface area contributed by atoms with E-state index in [1.54, 1.807) is 0 Å². The third-order valence-corrected chi connectivity index (χ3v) is 4.50. The molecule has 3 rings (SSSR count). The normalized spacial score (nSPS) is 18.1. The van der Waals surface area contributed by atoms with Crippen molar-refractivity contribution in [3.05, 3.63) is 45.9 Å². The van der Waals surface area contributed by atoms with Crippen LogP contribution in [0, 0.1) is 6.92 Å². The van der Waals surface area contributed by atoms with Crippen LogP contribution in [0.25, 0.3) is 0 Å². The molecule has 1 aromatic carbocycles. The number of hydrogen-bond acceptors (Lipinski definition) is 4. The molecule has 0 radical (unpaired) electrons. The Bertz CT molecular complexity index is 604. The van der Waals surface area contributed by atoms with Crippen LogP contribution in [0.4, 0.5) is 5.69 Å². The second-order valence-corrected chi connectivity index (χ2v) is 5.82. The van der Waals surface area contributed by atoms with E-state index in [4.69, 9.17) is 4.74 Å². The van der Waals surface area contributed by atoms with Gasteiger partial charge < -0.3 is 10.1 Å². The fourth-order valence-electron chi connectivity index (χ4n) is 2.25. The number of nitrogens with one attached hydrogen (secondary N) is 1. The van der Waals surface area contributed by atoms with Crippen LogP contribution < -0.4 is 5.32 Å². The van der Waals surface area contributed by atoms with Crippen LogP contribution in [0.15, 0.2) is 30.3 Å². The molecule has 1 N–H and O–H groups in total. The minimum atomic E-state index is -0.101. The number of carbonyl (C=O) groups is 1. The van der Waals surface area contributed by atoms with Crippen molar-refractivity contribution in [1.82, 2.24) is 4.98 Å². The third kappa shape index (κ3) is 2.73. The van der Waals surface area contributed by atoms with Crippen molar-refractivity contribution in [1.29, 1.82) is 0 Å². The van der Waals surface area contributed by atoms with Crippen molar-refractivity contribution in [3.63, 3.8) is 0 Å². The number of aryl methyl sites for hydroxylation is 1. The Morgan fingerprint density at radius 2 is 2.20 bits per heavy atom. The van der Waals surface area contributed by atoms with E-state index < -0.39 is 0 Å². The van der Waals surface area contributed by atoms with Gasteiger partial charge in [-0.15, -0.1) is 11.3 Å². The van der Waals surface area contributed by atoms with E-state index in [0.29, 0.717) is 4.88 Å². The highest BCUT2D eigenvalue weighted by molar-refractivity contribution is 7.14. The second kappa shape index (κ2) is 5.73. The van der Waals surface area contributed by atoms with Gasteiger partial charge in [-0.1, -0.05) is 18.2 Å². The summed E-state index contributed by atoms with van der Waals surface area (Å²) in [4.78, 5) is 17.4. The Kier molecular flexibility index (Phi) is 3.80. The lowest BCUT2D eigenvalue weighted by Crippen LogP contribution is -2.11. The molecule has 0 bridgehead atoms. The van der Waals surface area contributed by atoms with Gasteiger partial charge in [0.15, 0.2) is 0 Å². The highest BCUT2D eigenvalue weighted by Gasteiger charge is 2.24. The Labute approximate surface area is 121 Å². The van der Waals surface area contributed by atoms with Gasteiger partial charge in [0.2, 0.25) is 0 Å². The minimum Gasteiger partial charge on any atom is -0.371 e. The molecular formula is C15H16N2O2S. The monoisotopic (exact) mass is 288 g/mol. The molecule has 1 aliphatic heterocycles. The predicted octanol–water partition coefficient (Wildman–Crippen LogP) is 3.56. The fourth-order valence-corrected chi connectivity index (χ4v) is 3.29. The molecule has 2 aromatic rings. The van der Waals surface area contributed by atoms with Crippen LogP contribution in [0.3, 0.4) is 0 Å². The van der Waals surface area contributed by atoms with Gasteiger partial charge in [0, 0.05) is 12.3 Å². The molecule has 5 heteroatoms. The maximum absolute atomic E-state index is 12.3. The highest BCUT2D eigenvalue weighted by Crippen LogP contribution is 2.33. The average Bonchev–Trinajstić information content (AvgIpc) is 3.08. The zero-order valence-corrected chi connectivity index (χ0v) is 12.1. The maximum Gasteiger partial charge on any atom is 0.267 e. The first-order chi connectivity index (χ1) is 9.74. The number of ether oxygens (including phenoxy) is 1. The lowest BCUT2D eigenvalue weighted by molar-refractivity contribution is 0.102. The molecule has 1 fully saturated rings. The molecule has 104 valence electrons. The Balaban J connectivity index is 1.77. The molecule has 2 heterocycles. The third-order valence-electron chi connectivity index (χ3n) is 3.26. The van der Waals surface area contributed by atoms with Gasteiger partial charge in [0.1, 0.15) is 16.0 Å². The molecule has 0 unspecified atom stereocenters. The molecule has 4 nitrogen and oxygen atoms in total. The van der Waals surface area contributed by atoms with Gasteiger partial charge in [0.05, 0.1) is 5.69 Å². The van der Waals surface area contributed by atoms with E-state index in [1.807, 2.05) is 37.3 Å². The van der Waals surface area contributed by atoms with Crippen LogP contribution in [0.5, 0.6) is 0 Å².